The molecule has 1 aromatic rings. The van der Waals surface area contributed by atoms with Crippen molar-refractivity contribution in [3.63, 3.8) is 0 Å². The number of thioether (sulfide) groups is 1. The third kappa shape index (κ3) is 1.33. The second-order valence-electron chi connectivity index (χ2n) is 2.89. The summed E-state index contributed by atoms with van der Waals surface area (Å²) >= 11 is 1.87. The smallest absolute Gasteiger partial charge is 0.0992 e. The van der Waals surface area contributed by atoms with E-state index in [-0.39, 0.29) is 0 Å². The van der Waals surface area contributed by atoms with Crippen molar-refractivity contribution in [3.8, 4) is 6.07 Å². The van der Waals surface area contributed by atoms with E-state index in [0.29, 0.717) is 0 Å². The van der Waals surface area contributed by atoms with E-state index in [1.54, 1.807) is 0 Å². The summed E-state index contributed by atoms with van der Waals surface area (Å²) in [5.74, 6) is 1.20. The first-order valence-corrected chi connectivity index (χ1v) is 5.04. The first kappa shape index (κ1) is 7.70. The van der Waals surface area contributed by atoms with Crippen molar-refractivity contribution >= 4 is 11.8 Å². The summed E-state index contributed by atoms with van der Waals surface area (Å²) in [4.78, 5) is 1.31. The molecule has 0 amide bonds. The lowest BCUT2D eigenvalue weighted by Crippen LogP contribution is -1.98. The van der Waals surface area contributed by atoms with Gasteiger partial charge in [-0.15, -0.1) is 11.8 Å². The maximum Gasteiger partial charge on any atom is 0.0992 e. The highest BCUT2D eigenvalue weighted by Gasteiger charge is 2.09. The van der Waals surface area contributed by atoms with Crippen LogP contribution in [0.15, 0.2) is 23.1 Å². The van der Waals surface area contributed by atoms with E-state index < -0.39 is 0 Å². The van der Waals surface area contributed by atoms with Gasteiger partial charge >= 0.3 is 0 Å². The summed E-state index contributed by atoms with van der Waals surface area (Å²) in [6.07, 6.45) is 2.44. The molecule has 2 rings (SSSR count). The highest BCUT2D eigenvalue weighted by molar-refractivity contribution is 7.99. The number of hydrogen-bond donors (Lipinski definition) is 0. The van der Waals surface area contributed by atoms with Crippen LogP contribution in [0.2, 0.25) is 0 Å². The lowest BCUT2D eigenvalue weighted by Gasteiger charge is -2.14. The van der Waals surface area contributed by atoms with Gasteiger partial charge in [-0.1, -0.05) is 6.07 Å². The molecular weight excluding hydrogens is 166 g/mol. The SMILES string of the molecule is N#Cc1ccc2c(c1)SCCC2. The molecule has 0 bridgehead atoms. The normalized spacial score (nSPS) is 14.9. The summed E-state index contributed by atoms with van der Waals surface area (Å²) in [6.45, 7) is 0. The molecule has 1 aliphatic heterocycles. The highest BCUT2D eigenvalue weighted by Crippen LogP contribution is 2.30. The fraction of sp³-hybridized carbons (Fsp3) is 0.300. The van der Waals surface area contributed by atoms with Crippen molar-refractivity contribution in [3.05, 3.63) is 29.3 Å². The van der Waals surface area contributed by atoms with Crippen LogP contribution >= 0.6 is 11.8 Å². The van der Waals surface area contributed by atoms with Crippen LogP contribution < -0.4 is 0 Å². The van der Waals surface area contributed by atoms with Gasteiger partial charge in [0, 0.05) is 4.90 Å². The van der Waals surface area contributed by atoms with Gasteiger partial charge in [-0.25, -0.2) is 0 Å². The predicted octanol–water partition coefficient (Wildman–Crippen LogP) is 2.60. The molecule has 0 atom stereocenters. The highest BCUT2D eigenvalue weighted by atomic mass is 32.2. The molecule has 0 aromatic heterocycles. The number of nitrogens with zero attached hydrogens (tertiary/aromatic N) is 1. The first-order chi connectivity index (χ1) is 5.90. The molecule has 1 aromatic carbocycles. The fourth-order valence-corrected chi connectivity index (χ4v) is 2.48. The molecule has 0 aliphatic carbocycles. The Kier molecular flexibility index (Phi) is 2.05. The predicted molar refractivity (Wildman–Crippen MR) is 50.2 cm³/mol. The second-order valence-corrected chi connectivity index (χ2v) is 4.02. The van der Waals surface area contributed by atoms with Gasteiger partial charge in [-0.3, -0.25) is 0 Å². The Morgan fingerprint density at radius 3 is 3.17 bits per heavy atom. The Labute approximate surface area is 76.4 Å². The minimum Gasteiger partial charge on any atom is -0.192 e. The minimum atomic E-state index is 0.781. The molecular formula is C10H9NS. The molecule has 1 heterocycles. The zero-order chi connectivity index (χ0) is 8.39. The molecule has 1 nitrogen and oxygen atoms in total. The molecule has 0 N–H and O–H groups in total. The molecule has 0 spiro atoms. The number of fused-ring (bicyclic) bond motifs is 1. The van der Waals surface area contributed by atoms with Gasteiger partial charge < -0.3 is 0 Å². The minimum absolute atomic E-state index is 0.781. The van der Waals surface area contributed by atoms with Crippen LogP contribution in [0, 0.1) is 11.3 Å². The lowest BCUT2D eigenvalue weighted by molar-refractivity contribution is 0.889. The first-order valence-electron chi connectivity index (χ1n) is 4.06. The van der Waals surface area contributed by atoms with Crippen LogP contribution in [0.25, 0.3) is 0 Å². The van der Waals surface area contributed by atoms with Gasteiger partial charge in [0.25, 0.3) is 0 Å². The van der Waals surface area contributed by atoms with Crippen LogP contribution in [0.5, 0.6) is 0 Å². The van der Waals surface area contributed by atoms with E-state index in [4.69, 9.17) is 5.26 Å². The van der Waals surface area contributed by atoms with Crippen molar-refractivity contribution in [2.45, 2.75) is 17.7 Å². The summed E-state index contributed by atoms with van der Waals surface area (Å²) in [7, 11) is 0. The Balaban J connectivity index is 2.44. The molecule has 0 radical (unpaired) electrons. The summed E-state index contributed by atoms with van der Waals surface area (Å²) in [6, 6.07) is 8.15. The zero-order valence-electron chi connectivity index (χ0n) is 6.71. The average molecular weight is 175 g/mol. The summed E-state index contributed by atoms with van der Waals surface area (Å²) in [5, 5.41) is 8.68. The molecule has 2 heteroatoms. The molecule has 60 valence electrons. The van der Waals surface area contributed by atoms with Crippen molar-refractivity contribution in [1.82, 2.24) is 0 Å². The third-order valence-electron chi connectivity index (χ3n) is 2.04. The molecule has 0 saturated heterocycles. The van der Waals surface area contributed by atoms with Crippen molar-refractivity contribution in [2.24, 2.45) is 0 Å². The van der Waals surface area contributed by atoms with Crippen molar-refractivity contribution in [2.75, 3.05) is 5.75 Å². The quantitative estimate of drug-likeness (QED) is 0.605. The Morgan fingerprint density at radius 1 is 1.42 bits per heavy atom. The van der Waals surface area contributed by atoms with Gasteiger partial charge in [0.05, 0.1) is 11.6 Å². The van der Waals surface area contributed by atoms with Crippen molar-refractivity contribution in [1.29, 1.82) is 5.26 Å². The van der Waals surface area contributed by atoms with Gasteiger partial charge in [0.2, 0.25) is 0 Å². The summed E-state index contributed by atoms with van der Waals surface area (Å²) in [5.41, 5.74) is 2.19. The standard InChI is InChI=1S/C10H9NS/c11-7-8-3-4-9-2-1-5-12-10(9)6-8/h3-4,6H,1-2,5H2. The molecule has 0 unspecified atom stereocenters. The van der Waals surface area contributed by atoms with E-state index in [9.17, 15) is 0 Å². The third-order valence-corrected chi connectivity index (χ3v) is 3.23. The van der Waals surface area contributed by atoms with Crippen LogP contribution in [-0.2, 0) is 6.42 Å². The van der Waals surface area contributed by atoms with Gasteiger partial charge in [0.15, 0.2) is 0 Å². The van der Waals surface area contributed by atoms with Gasteiger partial charge in [-0.05, 0) is 36.3 Å². The molecule has 1 aliphatic rings. The zero-order valence-corrected chi connectivity index (χ0v) is 7.53. The number of rotatable bonds is 0. The fourth-order valence-electron chi connectivity index (χ4n) is 1.41. The molecule has 12 heavy (non-hydrogen) atoms. The Hall–Kier alpha value is -0.940. The number of aryl methyl sites for hydroxylation is 1. The number of nitriles is 1. The lowest BCUT2D eigenvalue weighted by atomic mass is 10.1. The van der Waals surface area contributed by atoms with E-state index in [1.165, 1.54) is 29.1 Å². The number of hydrogen-bond acceptors (Lipinski definition) is 2. The maximum atomic E-state index is 8.68. The van der Waals surface area contributed by atoms with Crippen LogP contribution in [-0.4, -0.2) is 5.75 Å². The summed E-state index contributed by atoms with van der Waals surface area (Å²) < 4.78 is 0. The molecule has 0 saturated carbocycles. The topological polar surface area (TPSA) is 23.8 Å². The van der Waals surface area contributed by atoms with E-state index in [2.05, 4.69) is 12.1 Å². The monoisotopic (exact) mass is 175 g/mol. The largest absolute Gasteiger partial charge is 0.192 e. The van der Waals surface area contributed by atoms with Gasteiger partial charge in [-0.2, -0.15) is 5.26 Å². The van der Waals surface area contributed by atoms with Crippen LogP contribution in [0.3, 0.4) is 0 Å². The van der Waals surface area contributed by atoms with Crippen LogP contribution in [0.1, 0.15) is 17.5 Å². The molecule has 0 fully saturated rings. The average Bonchev–Trinajstić information content (AvgIpc) is 2.17. The van der Waals surface area contributed by atoms with Crippen LogP contribution in [0.4, 0.5) is 0 Å². The second kappa shape index (κ2) is 3.20. The number of benzene rings is 1. The Morgan fingerprint density at radius 2 is 2.33 bits per heavy atom. The van der Waals surface area contributed by atoms with E-state index in [1.807, 2.05) is 23.9 Å². The van der Waals surface area contributed by atoms with E-state index in [0.717, 1.165) is 5.56 Å². The van der Waals surface area contributed by atoms with Gasteiger partial charge in [0.1, 0.15) is 0 Å². The Bertz CT molecular complexity index is 338. The van der Waals surface area contributed by atoms with E-state index >= 15 is 0 Å². The maximum absolute atomic E-state index is 8.68. The van der Waals surface area contributed by atoms with Crippen molar-refractivity contribution < 1.29 is 0 Å².